The molecule has 2 nitrogen and oxygen atoms in total. The van der Waals surface area contributed by atoms with Crippen molar-refractivity contribution in [2.75, 3.05) is 18.5 Å². The smallest absolute Gasteiger partial charge is 0.389 e. The van der Waals surface area contributed by atoms with E-state index in [1.165, 1.54) is 18.6 Å². The maximum atomic E-state index is 12.9. The van der Waals surface area contributed by atoms with E-state index in [9.17, 15) is 13.2 Å². The Balaban J connectivity index is 2.27. The van der Waals surface area contributed by atoms with E-state index in [1.807, 2.05) is 11.9 Å². The molecule has 2 unspecified atom stereocenters. The Morgan fingerprint density at radius 2 is 2.05 bits per heavy atom. The lowest BCUT2D eigenvalue weighted by Gasteiger charge is -2.21. The normalized spacial score (nSPS) is 21.6. The number of alkyl halides is 3. The number of benzene rings is 1. The standard InChI is InChI=1S/C14H17F3N2S/c1-8-5-9(8)7-19(2)10-3-4-12(14(15,16)17)11(6-10)13(18)20/h3-4,6,8-9H,5,7H2,1-2H3,(H2,18,20). The molecule has 0 bridgehead atoms. The molecular weight excluding hydrogens is 285 g/mol. The number of halogens is 3. The second kappa shape index (κ2) is 5.24. The van der Waals surface area contributed by atoms with Crippen LogP contribution in [-0.4, -0.2) is 18.6 Å². The van der Waals surface area contributed by atoms with Crippen molar-refractivity contribution < 1.29 is 13.2 Å². The number of anilines is 1. The summed E-state index contributed by atoms with van der Waals surface area (Å²) in [6, 6.07) is 3.95. The first kappa shape index (κ1) is 15.1. The lowest BCUT2D eigenvalue weighted by molar-refractivity contribution is -0.137. The molecule has 1 aromatic rings. The molecule has 0 amide bonds. The molecule has 1 fully saturated rings. The molecule has 6 heteroatoms. The van der Waals surface area contributed by atoms with Gasteiger partial charge in [-0.15, -0.1) is 0 Å². The molecule has 0 heterocycles. The third-order valence-electron chi connectivity index (χ3n) is 3.80. The summed E-state index contributed by atoms with van der Waals surface area (Å²) in [5, 5.41) is 0. The molecule has 2 rings (SSSR count). The van der Waals surface area contributed by atoms with Crippen molar-refractivity contribution >= 4 is 22.9 Å². The fourth-order valence-electron chi connectivity index (χ4n) is 2.33. The highest BCUT2D eigenvalue weighted by molar-refractivity contribution is 7.80. The third kappa shape index (κ3) is 3.23. The maximum absolute atomic E-state index is 12.9. The van der Waals surface area contributed by atoms with Crippen LogP contribution in [0.3, 0.4) is 0 Å². The Bertz CT molecular complexity index is 528. The lowest BCUT2D eigenvalue weighted by Crippen LogP contribution is -2.23. The van der Waals surface area contributed by atoms with Gasteiger partial charge in [-0.25, -0.2) is 0 Å². The summed E-state index contributed by atoms with van der Waals surface area (Å²) in [7, 11) is 1.87. The van der Waals surface area contributed by atoms with E-state index in [-0.39, 0.29) is 10.6 Å². The molecule has 0 spiro atoms. The number of nitrogens with two attached hydrogens (primary N) is 1. The first-order valence-electron chi connectivity index (χ1n) is 6.42. The van der Waals surface area contributed by atoms with Crippen molar-refractivity contribution in [1.29, 1.82) is 0 Å². The van der Waals surface area contributed by atoms with E-state index in [1.54, 1.807) is 0 Å². The Morgan fingerprint density at radius 3 is 2.50 bits per heavy atom. The number of hydrogen-bond donors (Lipinski definition) is 1. The van der Waals surface area contributed by atoms with Crippen molar-refractivity contribution in [3.63, 3.8) is 0 Å². The molecule has 1 saturated carbocycles. The van der Waals surface area contributed by atoms with Gasteiger partial charge < -0.3 is 10.6 Å². The van der Waals surface area contributed by atoms with Crippen LogP contribution in [-0.2, 0) is 6.18 Å². The van der Waals surface area contributed by atoms with E-state index < -0.39 is 11.7 Å². The summed E-state index contributed by atoms with van der Waals surface area (Å²) in [5.74, 6) is 1.32. The van der Waals surface area contributed by atoms with Crippen LogP contribution in [0, 0.1) is 11.8 Å². The van der Waals surface area contributed by atoms with Gasteiger partial charge in [0.15, 0.2) is 0 Å². The highest BCUT2D eigenvalue weighted by atomic mass is 32.1. The number of thiocarbonyl (C=S) groups is 1. The molecule has 0 aromatic heterocycles. The second-order valence-corrected chi connectivity index (χ2v) is 5.89. The van der Waals surface area contributed by atoms with Crippen molar-refractivity contribution in [2.24, 2.45) is 17.6 Å². The molecule has 1 aliphatic rings. The van der Waals surface area contributed by atoms with E-state index >= 15 is 0 Å². The van der Waals surface area contributed by atoms with Gasteiger partial charge in [0.05, 0.1) is 5.56 Å². The molecule has 0 radical (unpaired) electrons. The fourth-order valence-corrected chi connectivity index (χ4v) is 2.50. The van der Waals surface area contributed by atoms with Crippen LogP contribution in [0.15, 0.2) is 18.2 Å². The minimum absolute atomic E-state index is 0.110. The molecule has 110 valence electrons. The van der Waals surface area contributed by atoms with E-state index in [0.717, 1.165) is 12.6 Å². The SMILES string of the molecule is CC1CC1CN(C)c1ccc(C(F)(F)F)c(C(N)=S)c1. The largest absolute Gasteiger partial charge is 0.417 e. The highest BCUT2D eigenvalue weighted by Crippen LogP contribution is 2.39. The molecule has 2 atom stereocenters. The predicted octanol–water partition coefficient (Wildman–Crippen LogP) is 3.43. The Labute approximate surface area is 121 Å². The summed E-state index contributed by atoms with van der Waals surface area (Å²) in [6.45, 7) is 3.01. The fraction of sp³-hybridized carbons (Fsp3) is 0.500. The van der Waals surface area contributed by atoms with E-state index in [4.69, 9.17) is 18.0 Å². The van der Waals surface area contributed by atoms with Gasteiger partial charge in [0.25, 0.3) is 0 Å². The zero-order valence-corrected chi connectivity index (χ0v) is 12.2. The van der Waals surface area contributed by atoms with Crippen LogP contribution in [0.1, 0.15) is 24.5 Å². The second-order valence-electron chi connectivity index (χ2n) is 5.45. The summed E-state index contributed by atoms with van der Waals surface area (Å²) in [4.78, 5) is 1.73. The van der Waals surface area contributed by atoms with Crippen LogP contribution in [0.4, 0.5) is 18.9 Å². The average Bonchev–Trinajstić information content (AvgIpc) is 3.02. The zero-order chi connectivity index (χ0) is 15.1. The van der Waals surface area contributed by atoms with Crippen molar-refractivity contribution in [3.05, 3.63) is 29.3 Å². The van der Waals surface area contributed by atoms with Crippen LogP contribution in [0.2, 0.25) is 0 Å². The number of rotatable bonds is 4. The topological polar surface area (TPSA) is 29.3 Å². The van der Waals surface area contributed by atoms with Gasteiger partial charge in [0, 0.05) is 24.8 Å². The summed E-state index contributed by atoms with van der Waals surface area (Å²) in [6.07, 6.45) is -3.27. The van der Waals surface area contributed by atoms with Gasteiger partial charge in [-0.05, 0) is 36.5 Å². The van der Waals surface area contributed by atoms with Crippen LogP contribution in [0.5, 0.6) is 0 Å². The predicted molar refractivity (Wildman–Crippen MR) is 77.9 cm³/mol. The minimum Gasteiger partial charge on any atom is -0.389 e. The van der Waals surface area contributed by atoms with Gasteiger partial charge in [-0.1, -0.05) is 19.1 Å². The molecule has 0 saturated heterocycles. The molecule has 20 heavy (non-hydrogen) atoms. The van der Waals surface area contributed by atoms with Crippen LogP contribution in [0.25, 0.3) is 0 Å². The van der Waals surface area contributed by atoms with Gasteiger partial charge in [0.2, 0.25) is 0 Å². The molecule has 2 N–H and O–H groups in total. The Kier molecular flexibility index (Phi) is 3.95. The Hall–Kier alpha value is -1.30. The third-order valence-corrected chi connectivity index (χ3v) is 4.02. The minimum atomic E-state index is -4.44. The molecule has 0 aliphatic heterocycles. The summed E-state index contributed by atoms with van der Waals surface area (Å²) < 4.78 is 38.7. The van der Waals surface area contributed by atoms with Crippen molar-refractivity contribution in [2.45, 2.75) is 19.5 Å². The number of hydrogen-bond acceptors (Lipinski definition) is 2. The molecule has 1 aliphatic carbocycles. The van der Waals surface area contributed by atoms with Crippen LogP contribution < -0.4 is 10.6 Å². The van der Waals surface area contributed by atoms with Gasteiger partial charge in [-0.2, -0.15) is 13.2 Å². The van der Waals surface area contributed by atoms with Gasteiger partial charge in [-0.3, -0.25) is 0 Å². The average molecular weight is 302 g/mol. The summed E-state index contributed by atoms with van der Waals surface area (Å²) >= 11 is 4.74. The highest BCUT2D eigenvalue weighted by Gasteiger charge is 2.35. The molecular formula is C14H17F3N2S. The summed E-state index contributed by atoms with van der Waals surface area (Å²) in [5.41, 5.74) is 5.25. The van der Waals surface area contributed by atoms with Gasteiger partial charge >= 0.3 is 6.18 Å². The van der Waals surface area contributed by atoms with Crippen LogP contribution >= 0.6 is 12.2 Å². The molecule has 1 aromatic carbocycles. The van der Waals surface area contributed by atoms with Gasteiger partial charge in [0.1, 0.15) is 4.99 Å². The van der Waals surface area contributed by atoms with Crippen molar-refractivity contribution in [3.8, 4) is 0 Å². The lowest BCUT2D eigenvalue weighted by atomic mass is 10.1. The van der Waals surface area contributed by atoms with E-state index in [0.29, 0.717) is 17.5 Å². The van der Waals surface area contributed by atoms with Crippen molar-refractivity contribution in [1.82, 2.24) is 0 Å². The first-order valence-corrected chi connectivity index (χ1v) is 6.83. The zero-order valence-electron chi connectivity index (χ0n) is 11.4. The first-order chi connectivity index (χ1) is 9.20. The van der Waals surface area contributed by atoms with E-state index in [2.05, 4.69) is 6.92 Å². The quantitative estimate of drug-likeness (QED) is 0.864. The Morgan fingerprint density at radius 1 is 1.45 bits per heavy atom. The number of nitrogens with zero attached hydrogens (tertiary/aromatic N) is 1. The monoisotopic (exact) mass is 302 g/mol. The maximum Gasteiger partial charge on any atom is 0.417 e.